The highest BCUT2D eigenvalue weighted by Gasteiger charge is 2.32. The molecule has 0 spiro atoms. The molecule has 0 aliphatic carbocycles. The number of hydrogen-bond donors (Lipinski definition) is 0. The van der Waals surface area contributed by atoms with E-state index >= 15 is 0 Å². The molecule has 0 fully saturated rings. The van der Waals surface area contributed by atoms with E-state index < -0.39 is 0 Å². The van der Waals surface area contributed by atoms with Crippen LogP contribution in [-0.2, 0) is 4.79 Å². The maximum absolute atomic E-state index is 11.9. The minimum Gasteiger partial charge on any atom is -0.273 e. The average Bonchev–Trinajstić information content (AvgIpc) is 3.05. The van der Waals surface area contributed by atoms with Gasteiger partial charge in [-0.25, -0.2) is 5.01 Å². The first kappa shape index (κ1) is 14.5. The number of carbonyl (C=O) groups is 1. The van der Waals surface area contributed by atoms with E-state index in [-0.39, 0.29) is 11.9 Å². The number of carbonyl (C=O) groups excluding carboxylic acids is 1. The van der Waals surface area contributed by atoms with Crippen molar-refractivity contribution in [1.82, 2.24) is 5.01 Å². The summed E-state index contributed by atoms with van der Waals surface area (Å²) in [5.74, 6) is -0.0216. The van der Waals surface area contributed by atoms with Crippen molar-refractivity contribution < 1.29 is 4.79 Å². The molecule has 0 saturated heterocycles. The Bertz CT molecular complexity index is 705. The second-order valence-corrected chi connectivity index (χ2v) is 7.63. The number of amides is 1. The number of halogens is 1. The van der Waals surface area contributed by atoms with E-state index in [0.717, 1.165) is 26.4 Å². The van der Waals surface area contributed by atoms with Crippen LogP contribution < -0.4 is 0 Å². The molecule has 0 N–H and O–H groups in total. The highest BCUT2D eigenvalue weighted by atomic mass is 79.9. The van der Waals surface area contributed by atoms with Crippen LogP contribution in [0.2, 0.25) is 0 Å². The fourth-order valence-corrected chi connectivity index (χ4v) is 3.96. The molecule has 2 heterocycles. The van der Waals surface area contributed by atoms with Crippen LogP contribution in [0, 0.1) is 6.92 Å². The van der Waals surface area contributed by atoms with Gasteiger partial charge >= 0.3 is 0 Å². The molecule has 1 unspecified atom stereocenters. The summed E-state index contributed by atoms with van der Waals surface area (Å²) in [4.78, 5) is 13.0. The summed E-state index contributed by atoms with van der Waals surface area (Å²) in [6.07, 6.45) is 0.760. The lowest BCUT2D eigenvalue weighted by molar-refractivity contribution is -0.130. The summed E-state index contributed by atoms with van der Waals surface area (Å²) in [6.45, 7) is 3.63. The topological polar surface area (TPSA) is 32.7 Å². The van der Waals surface area contributed by atoms with Crippen LogP contribution in [0.5, 0.6) is 0 Å². The maximum Gasteiger partial charge on any atom is 0.240 e. The summed E-state index contributed by atoms with van der Waals surface area (Å²) in [5.41, 5.74) is 3.28. The fourth-order valence-electron chi connectivity index (χ4n) is 2.45. The van der Waals surface area contributed by atoms with Crippen molar-refractivity contribution in [3.05, 3.63) is 56.2 Å². The molecule has 1 aliphatic heterocycles. The van der Waals surface area contributed by atoms with Crippen molar-refractivity contribution in [2.75, 3.05) is 0 Å². The lowest BCUT2D eigenvalue weighted by atomic mass is 10.0. The number of thiophene rings is 1. The Balaban J connectivity index is 1.92. The summed E-state index contributed by atoms with van der Waals surface area (Å²) >= 11 is 5.14. The molecule has 3 nitrogen and oxygen atoms in total. The molecule has 108 valence electrons. The normalized spacial score (nSPS) is 18.0. The third kappa shape index (κ3) is 2.94. The Kier molecular flexibility index (Phi) is 3.95. The number of rotatable bonds is 2. The van der Waals surface area contributed by atoms with Gasteiger partial charge in [0.1, 0.15) is 0 Å². The first-order chi connectivity index (χ1) is 10.0. The quantitative estimate of drug-likeness (QED) is 0.772. The summed E-state index contributed by atoms with van der Waals surface area (Å²) in [7, 11) is 0. The van der Waals surface area contributed by atoms with Gasteiger partial charge in [-0.05, 0) is 40.5 Å². The zero-order valence-corrected chi connectivity index (χ0v) is 14.2. The largest absolute Gasteiger partial charge is 0.273 e. The summed E-state index contributed by atoms with van der Waals surface area (Å²) in [6, 6.07) is 12.4. The number of nitrogens with zero attached hydrogens (tertiary/aromatic N) is 2. The lowest BCUT2D eigenvalue weighted by Gasteiger charge is -2.18. The molecule has 0 bridgehead atoms. The van der Waals surface area contributed by atoms with Crippen LogP contribution in [0.3, 0.4) is 0 Å². The van der Waals surface area contributed by atoms with Crippen LogP contribution in [0.4, 0.5) is 0 Å². The molecule has 1 aromatic heterocycles. The first-order valence-electron chi connectivity index (χ1n) is 6.74. The van der Waals surface area contributed by atoms with E-state index in [9.17, 15) is 4.79 Å². The average molecular weight is 363 g/mol. The first-order valence-corrected chi connectivity index (χ1v) is 8.35. The van der Waals surface area contributed by atoms with Gasteiger partial charge in [0.25, 0.3) is 0 Å². The molecule has 1 amide bonds. The third-order valence-corrected chi connectivity index (χ3v) is 5.27. The van der Waals surface area contributed by atoms with Gasteiger partial charge in [0.05, 0.1) is 15.5 Å². The van der Waals surface area contributed by atoms with Crippen molar-refractivity contribution in [3.8, 4) is 0 Å². The van der Waals surface area contributed by atoms with Crippen molar-refractivity contribution in [1.29, 1.82) is 0 Å². The second-order valence-electron chi connectivity index (χ2n) is 5.14. The van der Waals surface area contributed by atoms with E-state index in [1.165, 1.54) is 5.56 Å². The van der Waals surface area contributed by atoms with Crippen molar-refractivity contribution in [2.45, 2.75) is 26.3 Å². The Morgan fingerprint density at radius 3 is 2.57 bits per heavy atom. The van der Waals surface area contributed by atoms with Gasteiger partial charge in [0.15, 0.2) is 0 Å². The van der Waals surface area contributed by atoms with Crippen molar-refractivity contribution >= 4 is 38.9 Å². The second kappa shape index (κ2) is 5.73. The van der Waals surface area contributed by atoms with Crippen LogP contribution in [0.15, 0.2) is 45.3 Å². The van der Waals surface area contributed by atoms with Gasteiger partial charge in [-0.3, -0.25) is 4.79 Å². The Labute approximate surface area is 136 Å². The maximum atomic E-state index is 11.9. The standard InChI is InChI=1S/C16H15BrN2OS/c1-10-3-5-12(6-4-10)13-9-14(19(18-13)11(2)20)15-7-8-16(17)21-15/h3-8,14H,9H2,1-2H3. The zero-order chi connectivity index (χ0) is 15.0. The van der Waals surface area contributed by atoms with E-state index in [0.29, 0.717) is 0 Å². The van der Waals surface area contributed by atoms with Crippen LogP contribution in [-0.4, -0.2) is 16.6 Å². The van der Waals surface area contributed by atoms with Crippen LogP contribution in [0.1, 0.15) is 35.4 Å². The predicted molar refractivity (Wildman–Crippen MR) is 89.6 cm³/mol. The number of aryl methyl sites for hydroxylation is 1. The molecular weight excluding hydrogens is 348 g/mol. The lowest BCUT2D eigenvalue weighted by Crippen LogP contribution is -2.23. The molecule has 1 aliphatic rings. The molecule has 2 aromatic rings. The zero-order valence-electron chi connectivity index (χ0n) is 11.8. The van der Waals surface area contributed by atoms with E-state index in [1.807, 2.05) is 6.07 Å². The predicted octanol–water partition coefficient (Wildman–Crippen LogP) is 4.52. The summed E-state index contributed by atoms with van der Waals surface area (Å²) < 4.78 is 1.07. The minimum atomic E-state index is -0.0216. The molecule has 3 rings (SSSR count). The Morgan fingerprint density at radius 1 is 1.29 bits per heavy atom. The third-order valence-electron chi connectivity index (χ3n) is 3.54. The highest BCUT2D eigenvalue weighted by Crippen LogP contribution is 2.37. The van der Waals surface area contributed by atoms with Crippen LogP contribution in [0.25, 0.3) is 0 Å². The van der Waals surface area contributed by atoms with Crippen molar-refractivity contribution in [2.24, 2.45) is 5.10 Å². The number of benzene rings is 1. The number of hydrogen-bond acceptors (Lipinski definition) is 3. The van der Waals surface area contributed by atoms with Gasteiger partial charge in [-0.2, -0.15) is 5.10 Å². The van der Waals surface area contributed by atoms with Crippen molar-refractivity contribution in [3.63, 3.8) is 0 Å². The molecule has 1 aromatic carbocycles. The van der Waals surface area contributed by atoms with Crippen LogP contribution >= 0.6 is 27.3 Å². The van der Waals surface area contributed by atoms with E-state index in [4.69, 9.17) is 0 Å². The fraction of sp³-hybridized carbons (Fsp3) is 0.250. The summed E-state index contributed by atoms with van der Waals surface area (Å²) in [5, 5.41) is 6.15. The SMILES string of the molecule is CC(=O)N1N=C(c2ccc(C)cc2)CC1c1ccc(Br)s1. The molecule has 0 radical (unpaired) electrons. The van der Waals surface area contributed by atoms with Gasteiger partial charge in [-0.1, -0.05) is 29.8 Å². The van der Waals surface area contributed by atoms with Gasteiger partial charge in [0.2, 0.25) is 5.91 Å². The monoisotopic (exact) mass is 362 g/mol. The molecular formula is C16H15BrN2OS. The molecule has 21 heavy (non-hydrogen) atoms. The van der Waals surface area contributed by atoms with Gasteiger partial charge in [0, 0.05) is 18.2 Å². The smallest absolute Gasteiger partial charge is 0.240 e. The highest BCUT2D eigenvalue weighted by molar-refractivity contribution is 9.11. The molecule has 0 saturated carbocycles. The Hall–Kier alpha value is -1.46. The van der Waals surface area contributed by atoms with Gasteiger partial charge in [-0.15, -0.1) is 11.3 Å². The molecule has 5 heteroatoms. The van der Waals surface area contributed by atoms with E-state index in [2.05, 4.69) is 58.3 Å². The number of hydrazone groups is 1. The van der Waals surface area contributed by atoms with E-state index in [1.54, 1.807) is 23.3 Å². The molecule has 1 atom stereocenters. The minimum absolute atomic E-state index is 0.00935. The Morgan fingerprint density at radius 2 is 2.00 bits per heavy atom. The van der Waals surface area contributed by atoms with Gasteiger partial charge < -0.3 is 0 Å².